The molecule has 5 nitrogen and oxygen atoms in total. The topological polar surface area (TPSA) is 56.9 Å². The molecule has 0 aliphatic rings. The van der Waals surface area contributed by atoms with Crippen molar-refractivity contribution in [3.05, 3.63) is 128 Å². The number of ketones is 1. The number of benzene rings is 3. The molecule has 210 valence electrons. The molecule has 0 aliphatic carbocycles. The van der Waals surface area contributed by atoms with Crippen molar-refractivity contribution in [2.24, 2.45) is 0 Å². The van der Waals surface area contributed by atoms with Gasteiger partial charge in [0.1, 0.15) is 16.5 Å². The number of aryl methyl sites for hydroxylation is 1. The summed E-state index contributed by atoms with van der Waals surface area (Å²) in [4.78, 5) is 32.9. The third-order valence-corrected chi connectivity index (χ3v) is 9.07. The molecule has 10 heteroatoms. The fourth-order valence-electron chi connectivity index (χ4n) is 4.99. The van der Waals surface area contributed by atoms with E-state index in [1.54, 1.807) is 24.3 Å². The number of hydrogen-bond donors (Lipinski definition) is 0. The fraction of sp³-hybridized carbons (Fsp3) is 0.0938. The molecule has 6 rings (SSSR count). The summed E-state index contributed by atoms with van der Waals surface area (Å²) in [5.41, 5.74) is 4.42. The first kappa shape index (κ1) is 28.1. The quantitative estimate of drug-likeness (QED) is 0.102. The maximum Gasteiger partial charge on any atom is 0.268 e. The van der Waals surface area contributed by atoms with Crippen molar-refractivity contribution >= 4 is 50.7 Å². The fourth-order valence-corrected chi connectivity index (χ4v) is 7.05. The minimum Gasteiger partial charge on any atom is -0.318 e. The lowest BCUT2D eigenvalue weighted by molar-refractivity contribution is 0.102. The van der Waals surface area contributed by atoms with Crippen LogP contribution >= 0.6 is 34.7 Å². The Morgan fingerprint density at radius 3 is 2.40 bits per heavy atom. The third kappa shape index (κ3) is 5.08. The van der Waals surface area contributed by atoms with Crippen molar-refractivity contribution in [2.45, 2.75) is 19.0 Å². The average Bonchev–Trinajstić information content (AvgIpc) is 3.54. The third-order valence-electron chi connectivity index (χ3n) is 6.97. The number of hydrogen-bond acceptors (Lipinski definition) is 5. The Balaban J connectivity index is 1.38. The first-order valence-electron chi connectivity index (χ1n) is 12.9. The standard InChI is InChI=1S/C32H22ClF2N3O2S2/c1-18-14-24(19(2)37(18)23-12-13-27(35)26(33)15-23)28(39)17-42-32-36-30-29(31(40)38(32)22-6-4-3-5-7-22)25(16-41-30)20-8-10-21(34)11-9-20/h3-16H,17H2,1-2H3. The van der Waals surface area contributed by atoms with E-state index in [0.717, 1.165) is 11.3 Å². The number of fused-ring (bicyclic) bond motifs is 1. The van der Waals surface area contributed by atoms with Crippen LogP contribution in [0.25, 0.3) is 32.7 Å². The van der Waals surface area contributed by atoms with Gasteiger partial charge in [0.25, 0.3) is 5.56 Å². The number of halogens is 3. The first-order chi connectivity index (χ1) is 20.2. The zero-order chi connectivity index (χ0) is 29.5. The highest BCUT2D eigenvalue weighted by molar-refractivity contribution is 7.99. The van der Waals surface area contributed by atoms with Crippen molar-refractivity contribution < 1.29 is 13.6 Å². The summed E-state index contributed by atoms with van der Waals surface area (Å²) in [6.07, 6.45) is 0. The Kier molecular flexibility index (Phi) is 7.57. The van der Waals surface area contributed by atoms with Crippen LogP contribution in [0.4, 0.5) is 8.78 Å². The van der Waals surface area contributed by atoms with Gasteiger partial charge in [0, 0.05) is 33.6 Å². The van der Waals surface area contributed by atoms with Crippen LogP contribution in [0.3, 0.4) is 0 Å². The Labute approximate surface area is 253 Å². The molecule has 3 aromatic heterocycles. The highest BCUT2D eigenvalue weighted by Gasteiger charge is 2.22. The number of thioether (sulfide) groups is 1. The van der Waals surface area contributed by atoms with E-state index in [4.69, 9.17) is 16.6 Å². The Bertz CT molecular complexity index is 2030. The lowest BCUT2D eigenvalue weighted by atomic mass is 10.1. The molecule has 3 aromatic carbocycles. The molecule has 6 aromatic rings. The minimum atomic E-state index is -0.514. The molecule has 42 heavy (non-hydrogen) atoms. The summed E-state index contributed by atoms with van der Waals surface area (Å²) in [5.74, 6) is -0.974. The monoisotopic (exact) mass is 617 g/mol. The van der Waals surface area contributed by atoms with Gasteiger partial charge in [-0.1, -0.05) is 53.7 Å². The minimum absolute atomic E-state index is 0.0000514. The number of carbonyl (C=O) groups excluding carboxylic acids is 1. The van der Waals surface area contributed by atoms with Crippen LogP contribution in [0.5, 0.6) is 0 Å². The summed E-state index contributed by atoms with van der Waals surface area (Å²) in [6.45, 7) is 3.70. The molecule has 0 fully saturated rings. The van der Waals surface area contributed by atoms with E-state index in [2.05, 4.69) is 0 Å². The Morgan fingerprint density at radius 1 is 0.952 bits per heavy atom. The molecule has 0 atom stereocenters. The molecule has 3 heterocycles. The number of Topliss-reactive ketones (excluding diaryl/α,β-unsaturated/α-hetero) is 1. The molecule has 0 saturated heterocycles. The van der Waals surface area contributed by atoms with Crippen LogP contribution in [0.1, 0.15) is 21.7 Å². The molecule has 0 N–H and O–H groups in total. The molecule has 0 saturated carbocycles. The van der Waals surface area contributed by atoms with Crippen LogP contribution in [0.15, 0.2) is 94.2 Å². The molecule has 0 unspecified atom stereocenters. The average molecular weight is 618 g/mol. The van der Waals surface area contributed by atoms with Crippen molar-refractivity contribution in [3.63, 3.8) is 0 Å². The lowest BCUT2D eigenvalue weighted by Gasteiger charge is -2.13. The molecular weight excluding hydrogens is 596 g/mol. The molecule has 0 amide bonds. The summed E-state index contributed by atoms with van der Waals surface area (Å²) in [7, 11) is 0. The Morgan fingerprint density at radius 2 is 1.69 bits per heavy atom. The number of thiophene rings is 1. The van der Waals surface area contributed by atoms with E-state index in [0.29, 0.717) is 43.6 Å². The van der Waals surface area contributed by atoms with E-state index in [1.165, 1.54) is 51.9 Å². The van der Waals surface area contributed by atoms with Crippen LogP contribution in [-0.2, 0) is 0 Å². The molecule has 0 radical (unpaired) electrons. The van der Waals surface area contributed by atoms with Gasteiger partial charge in [0.15, 0.2) is 10.9 Å². The van der Waals surface area contributed by atoms with Crippen LogP contribution in [0.2, 0.25) is 5.02 Å². The highest BCUT2D eigenvalue weighted by Crippen LogP contribution is 2.33. The number of aromatic nitrogens is 3. The van der Waals surface area contributed by atoms with E-state index in [9.17, 15) is 18.4 Å². The zero-order valence-corrected chi connectivity index (χ0v) is 24.8. The number of carbonyl (C=O) groups is 1. The van der Waals surface area contributed by atoms with Gasteiger partial charge in [-0.05, 0) is 67.9 Å². The van der Waals surface area contributed by atoms with Crippen molar-refractivity contribution in [1.82, 2.24) is 14.1 Å². The zero-order valence-electron chi connectivity index (χ0n) is 22.4. The second-order valence-corrected chi connectivity index (χ2v) is 11.8. The van der Waals surface area contributed by atoms with Crippen LogP contribution in [0, 0.1) is 25.5 Å². The second kappa shape index (κ2) is 11.3. The maximum atomic E-state index is 14.0. The number of rotatable bonds is 7. The van der Waals surface area contributed by atoms with E-state index < -0.39 is 5.82 Å². The van der Waals surface area contributed by atoms with E-state index >= 15 is 0 Å². The predicted octanol–water partition coefficient (Wildman–Crippen LogP) is 8.43. The van der Waals surface area contributed by atoms with Gasteiger partial charge in [-0.15, -0.1) is 11.3 Å². The summed E-state index contributed by atoms with van der Waals surface area (Å²) < 4.78 is 30.7. The summed E-state index contributed by atoms with van der Waals surface area (Å²) in [6, 6.07) is 21.4. The van der Waals surface area contributed by atoms with Gasteiger partial charge in [0.2, 0.25) is 0 Å². The number of para-hydroxylation sites is 1. The summed E-state index contributed by atoms with van der Waals surface area (Å²) >= 11 is 8.52. The lowest BCUT2D eigenvalue weighted by Crippen LogP contribution is -2.22. The smallest absolute Gasteiger partial charge is 0.268 e. The van der Waals surface area contributed by atoms with Gasteiger partial charge in [-0.2, -0.15) is 0 Å². The summed E-state index contributed by atoms with van der Waals surface area (Å²) in [5, 5.41) is 2.67. The van der Waals surface area contributed by atoms with Gasteiger partial charge >= 0.3 is 0 Å². The van der Waals surface area contributed by atoms with Crippen molar-refractivity contribution in [1.29, 1.82) is 0 Å². The molecule has 0 aliphatic heterocycles. The Hall–Kier alpha value is -4.05. The van der Waals surface area contributed by atoms with E-state index in [1.807, 2.05) is 54.1 Å². The van der Waals surface area contributed by atoms with Gasteiger partial charge in [-0.25, -0.2) is 13.8 Å². The second-order valence-electron chi connectivity index (χ2n) is 9.64. The van der Waals surface area contributed by atoms with Crippen LogP contribution < -0.4 is 5.56 Å². The van der Waals surface area contributed by atoms with Crippen LogP contribution in [-0.4, -0.2) is 25.7 Å². The largest absolute Gasteiger partial charge is 0.318 e. The van der Waals surface area contributed by atoms with Crippen molar-refractivity contribution in [3.8, 4) is 22.5 Å². The maximum absolute atomic E-state index is 14.0. The molecular formula is C32H22ClF2N3O2S2. The highest BCUT2D eigenvalue weighted by atomic mass is 35.5. The number of nitrogens with zero attached hydrogens (tertiary/aromatic N) is 3. The first-order valence-corrected chi connectivity index (χ1v) is 15.1. The van der Waals surface area contributed by atoms with Crippen molar-refractivity contribution in [2.75, 3.05) is 5.75 Å². The molecule has 0 bridgehead atoms. The van der Waals surface area contributed by atoms with Gasteiger partial charge < -0.3 is 4.57 Å². The van der Waals surface area contributed by atoms with Gasteiger partial charge in [0.05, 0.1) is 21.8 Å². The van der Waals surface area contributed by atoms with Gasteiger partial charge in [-0.3, -0.25) is 14.2 Å². The normalized spacial score (nSPS) is 11.4. The molecule has 0 spiro atoms. The van der Waals surface area contributed by atoms with E-state index in [-0.39, 0.29) is 27.9 Å². The SMILES string of the molecule is Cc1cc(C(=O)CSc2nc3scc(-c4ccc(F)cc4)c3c(=O)n2-c2ccccc2)c(C)n1-c1ccc(F)c(Cl)c1. The predicted molar refractivity (Wildman–Crippen MR) is 166 cm³/mol.